The van der Waals surface area contributed by atoms with E-state index in [1.165, 1.54) is 0 Å². The zero-order chi connectivity index (χ0) is 15.4. The molecule has 1 aromatic carbocycles. The number of rotatable bonds is 5. The Labute approximate surface area is 129 Å². The van der Waals surface area contributed by atoms with E-state index >= 15 is 0 Å². The molecular formula is C18H19N3O. The molecule has 22 heavy (non-hydrogen) atoms. The van der Waals surface area contributed by atoms with Crippen LogP contribution in [0.5, 0.6) is 0 Å². The van der Waals surface area contributed by atoms with Gasteiger partial charge < -0.3 is 0 Å². The summed E-state index contributed by atoms with van der Waals surface area (Å²) in [7, 11) is 0. The van der Waals surface area contributed by atoms with Gasteiger partial charge in [0, 0.05) is 12.6 Å². The summed E-state index contributed by atoms with van der Waals surface area (Å²) in [5, 5.41) is 0. The molecule has 3 rings (SSSR count). The smallest absolute Gasteiger partial charge is 0.280 e. The van der Waals surface area contributed by atoms with Gasteiger partial charge in [-0.2, -0.15) is 0 Å². The molecule has 4 nitrogen and oxygen atoms in total. The third-order valence-corrected chi connectivity index (χ3v) is 3.73. The van der Waals surface area contributed by atoms with Gasteiger partial charge in [-0.05, 0) is 24.1 Å². The number of benzene rings is 1. The third-order valence-electron chi connectivity index (χ3n) is 3.73. The van der Waals surface area contributed by atoms with E-state index in [0.717, 1.165) is 30.7 Å². The lowest BCUT2D eigenvalue weighted by atomic mass is 10.2. The highest BCUT2D eigenvalue weighted by molar-refractivity contribution is 5.72. The molecule has 0 unspecified atom stereocenters. The number of hydrogen-bond donors (Lipinski definition) is 0. The summed E-state index contributed by atoms with van der Waals surface area (Å²) in [6, 6.07) is 13.7. The zero-order valence-electron chi connectivity index (χ0n) is 12.7. The Morgan fingerprint density at radius 2 is 1.91 bits per heavy atom. The Kier molecular flexibility index (Phi) is 4.28. The summed E-state index contributed by atoms with van der Waals surface area (Å²) in [4.78, 5) is 21.7. The monoisotopic (exact) mass is 293 g/mol. The standard InChI is InChI=1S/C18H19N3O/c1-2-3-11-16-20-15-10-7-12-19-17(15)18(22)21(16)13-14-8-5-4-6-9-14/h4-10,12H,2-3,11,13H2,1H3. The number of fused-ring (bicyclic) bond motifs is 1. The first-order valence-corrected chi connectivity index (χ1v) is 7.68. The number of aromatic nitrogens is 3. The van der Waals surface area contributed by atoms with Crippen LogP contribution in [0.2, 0.25) is 0 Å². The average molecular weight is 293 g/mol. The van der Waals surface area contributed by atoms with Crippen molar-refractivity contribution in [3.05, 3.63) is 70.4 Å². The summed E-state index contributed by atoms with van der Waals surface area (Å²) in [5.41, 5.74) is 2.17. The normalized spacial score (nSPS) is 11.0. The molecule has 0 aliphatic rings. The number of aryl methyl sites for hydroxylation is 1. The molecule has 0 saturated carbocycles. The Morgan fingerprint density at radius 1 is 1.09 bits per heavy atom. The summed E-state index contributed by atoms with van der Waals surface area (Å²) in [6.07, 6.45) is 4.55. The van der Waals surface area contributed by atoms with Crippen LogP contribution in [0.1, 0.15) is 31.2 Å². The van der Waals surface area contributed by atoms with Crippen molar-refractivity contribution in [2.75, 3.05) is 0 Å². The van der Waals surface area contributed by atoms with Crippen LogP contribution in [0.25, 0.3) is 11.0 Å². The molecule has 0 fully saturated rings. The molecule has 0 amide bonds. The van der Waals surface area contributed by atoms with Gasteiger partial charge in [-0.25, -0.2) is 9.97 Å². The SMILES string of the molecule is CCCCc1nc2cccnc2c(=O)n1Cc1ccccc1. The lowest BCUT2D eigenvalue weighted by Crippen LogP contribution is -2.26. The van der Waals surface area contributed by atoms with Gasteiger partial charge in [0.15, 0.2) is 5.52 Å². The highest BCUT2D eigenvalue weighted by atomic mass is 16.1. The molecule has 2 aromatic heterocycles. The fourth-order valence-corrected chi connectivity index (χ4v) is 2.55. The van der Waals surface area contributed by atoms with Crippen molar-refractivity contribution in [1.82, 2.24) is 14.5 Å². The third kappa shape index (κ3) is 2.91. The van der Waals surface area contributed by atoms with Gasteiger partial charge in [0.1, 0.15) is 5.82 Å². The van der Waals surface area contributed by atoms with Crippen LogP contribution in [0, 0.1) is 0 Å². The molecule has 4 heteroatoms. The first kappa shape index (κ1) is 14.4. The highest BCUT2D eigenvalue weighted by Gasteiger charge is 2.11. The van der Waals surface area contributed by atoms with Crippen LogP contribution in [0.3, 0.4) is 0 Å². The Bertz CT molecular complexity index is 825. The van der Waals surface area contributed by atoms with Crippen LogP contribution in [0.4, 0.5) is 0 Å². The maximum absolute atomic E-state index is 12.8. The molecule has 0 aliphatic heterocycles. The quantitative estimate of drug-likeness (QED) is 0.726. The molecule has 2 heterocycles. The van der Waals surface area contributed by atoms with Crippen molar-refractivity contribution in [1.29, 1.82) is 0 Å². The number of hydrogen-bond acceptors (Lipinski definition) is 3. The average Bonchev–Trinajstić information content (AvgIpc) is 2.57. The number of unbranched alkanes of at least 4 members (excludes halogenated alkanes) is 1. The van der Waals surface area contributed by atoms with Crippen molar-refractivity contribution in [2.24, 2.45) is 0 Å². The van der Waals surface area contributed by atoms with Crippen LogP contribution in [0.15, 0.2) is 53.5 Å². The van der Waals surface area contributed by atoms with Crippen molar-refractivity contribution in [2.45, 2.75) is 32.7 Å². The fourth-order valence-electron chi connectivity index (χ4n) is 2.55. The molecule has 0 spiro atoms. The van der Waals surface area contributed by atoms with E-state index in [9.17, 15) is 4.79 Å². The Hall–Kier alpha value is -2.49. The van der Waals surface area contributed by atoms with Gasteiger partial charge in [-0.3, -0.25) is 9.36 Å². The van der Waals surface area contributed by atoms with Crippen molar-refractivity contribution < 1.29 is 0 Å². The fraction of sp³-hybridized carbons (Fsp3) is 0.278. The second-order valence-electron chi connectivity index (χ2n) is 5.38. The van der Waals surface area contributed by atoms with Gasteiger partial charge in [-0.15, -0.1) is 0 Å². The second-order valence-corrected chi connectivity index (χ2v) is 5.38. The molecule has 0 saturated heterocycles. The van der Waals surface area contributed by atoms with Gasteiger partial charge >= 0.3 is 0 Å². The van der Waals surface area contributed by atoms with Gasteiger partial charge in [0.05, 0.1) is 12.1 Å². The van der Waals surface area contributed by atoms with Gasteiger partial charge in [-0.1, -0.05) is 43.7 Å². The maximum atomic E-state index is 12.8. The topological polar surface area (TPSA) is 47.8 Å². The highest BCUT2D eigenvalue weighted by Crippen LogP contribution is 2.10. The molecule has 0 radical (unpaired) electrons. The number of nitrogens with zero attached hydrogens (tertiary/aromatic N) is 3. The van der Waals surface area contributed by atoms with E-state index < -0.39 is 0 Å². The summed E-state index contributed by atoms with van der Waals surface area (Å²) < 4.78 is 1.76. The van der Waals surface area contributed by atoms with E-state index in [1.807, 2.05) is 42.5 Å². The predicted octanol–water partition coefficient (Wildman–Crippen LogP) is 3.18. The minimum absolute atomic E-state index is 0.0550. The summed E-state index contributed by atoms with van der Waals surface area (Å²) in [5.74, 6) is 0.844. The van der Waals surface area contributed by atoms with Gasteiger partial charge in [0.2, 0.25) is 0 Å². The number of pyridine rings is 1. The van der Waals surface area contributed by atoms with Crippen LogP contribution in [-0.4, -0.2) is 14.5 Å². The minimum Gasteiger partial charge on any atom is -0.290 e. The van der Waals surface area contributed by atoms with Crippen LogP contribution < -0.4 is 5.56 Å². The van der Waals surface area contributed by atoms with E-state index in [0.29, 0.717) is 17.6 Å². The zero-order valence-corrected chi connectivity index (χ0v) is 12.7. The van der Waals surface area contributed by atoms with Crippen LogP contribution in [-0.2, 0) is 13.0 Å². The van der Waals surface area contributed by atoms with Gasteiger partial charge in [0.25, 0.3) is 5.56 Å². The van der Waals surface area contributed by atoms with Crippen LogP contribution >= 0.6 is 0 Å². The first-order valence-electron chi connectivity index (χ1n) is 7.68. The summed E-state index contributed by atoms with van der Waals surface area (Å²) >= 11 is 0. The summed E-state index contributed by atoms with van der Waals surface area (Å²) in [6.45, 7) is 2.68. The van der Waals surface area contributed by atoms with E-state index in [2.05, 4.69) is 16.9 Å². The lowest BCUT2D eigenvalue weighted by Gasteiger charge is -2.13. The van der Waals surface area contributed by atoms with Crippen molar-refractivity contribution >= 4 is 11.0 Å². The predicted molar refractivity (Wildman–Crippen MR) is 88.0 cm³/mol. The molecule has 0 aliphatic carbocycles. The molecule has 0 atom stereocenters. The molecule has 0 bridgehead atoms. The lowest BCUT2D eigenvalue weighted by molar-refractivity contribution is 0.645. The van der Waals surface area contributed by atoms with E-state index in [1.54, 1.807) is 10.8 Å². The van der Waals surface area contributed by atoms with E-state index in [4.69, 9.17) is 0 Å². The van der Waals surface area contributed by atoms with E-state index in [-0.39, 0.29) is 5.56 Å². The maximum Gasteiger partial charge on any atom is 0.280 e. The largest absolute Gasteiger partial charge is 0.290 e. The molecule has 112 valence electrons. The first-order chi connectivity index (χ1) is 10.8. The molecule has 3 aromatic rings. The molecular weight excluding hydrogens is 274 g/mol. The minimum atomic E-state index is -0.0550. The Balaban J connectivity index is 2.12. The van der Waals surface area contributed by atoms with Crippen molar-refractivity contribution in [3.63, 3.8) is 0 Å². The molecule has 0 N–H and O–H groups in total. The second kappa shape index (κ2) is 6.52. The van der Waals surface area contributed by atoms with Crippen molar-refractivity contribution in [3.8, 4) is 0 Å². The Morgan fingerprint density at radius 3 is 2.68 bits per heavy atom.